The van der Waals surface area contributed by atoms with Gasteiger partial charge in [0.2, 0.25) is 5.82 Å². The van der Waals surface area contributed by atoms with E-state index < -0.39 is 37.0 Å². The highest BCUT2D eigenvalue weighted by Gasteiger charge is 2.38. The van der Waals surface area contributed by atoms with E-state index in [0.29, 0.717) is 10.0 Å². The van der Waals surface area contributed by atoms with Crippen molar-refractivity contribution in [3.8, 4) is 0 Å². The van der Waals surface area contributed by atoms with Crippen LogP contribution in [0.2, 0.25) is 10.0 Å². The second kappa shape index (κ2) is 11.1. The van der Waals surface area contributed by atoms with Gasteiger partial charge in [-0.1, -0.05) is 54.7 Å². The van der Waals surface area contributed by atoms with E-state index in [0.717, 1.165) is 23.0 Å². The van der Waals surface area contributed by atoms with Crippen LogP contribution in [0.1, 0.15) is 37.1 Å². The fraction of sp³-hybridized carbons (Fsp3) is 0.348. The van der Waals surface area contributed by atoms with Gasteiger partial charge in [0.05, 0.1) is 11.0 Å². The molecule has 0 unspecified atom stereocenters. The third kappa shape index (κ3) is 6.42. The van der Waals surface area contributed by atoms with Gasteiger partial charge in [-0.25, -0.2) is 4.98 Å². The van der Waals surface area contributed by atoms with Gasteiger partial charge in [0, 0.05) is 22.5 Å². The van der Waals surface area contributed by atoms with E-state index in [1.807, 2.05) is 6.92 Å². The smallest absolute Gasteiger partial charge is 0.449 e. The summed E-state index contributed by atoms with van der Waals surface area (Å²) in [7, 11) is 0. The van der Waals surface area contributed by atoms with E-state index in [-0.39, 0.29) is 23.5 Å². The normalized spacial score (nSPS) is 12.5. The van der Waals surface area contributed by atoms with Gasteiger partial charge in [-0.05, 0) is 36.2 Å². The number of hydrogen-bond donors (Lipinski definition) is 1. The molecule has 0 bridgehead atoms. The van der Waals surface area contributed by atoms with Crippen LogP contribution in [-0.4, -0.2) is 34.6 Å². The Kier molecular flexibility index (Phi) is 8.43. The third-order valence-corrected chi connectivity index (χ3v) is 5.71. The molecule has 0 radical (unpaired) electrons. The van der Waals surface area contributed by atoms with Crippen molar-refractivity contribution >= 4 is 46.1 Å². The summed E-state index contributed by atoms with van der Waals surface area (Å²) in [6, 6.07) is 11.1. The molecule has 0 saturated carbocycles. The Morgan fingerprint density at radius 3 is 2.59 bits per heavy atom. The van der Waals surface area contributed by atoms with Gasteiger partial charge in [-0.2, -0.15) is 13.2 Å². The summed E-state index contributed by atoms with van der Waals surface area (Å²) in [6.07, 6.45) is -3.17. The summed E-state index contributed by atoms with van der Waals surface area (Å²) < 4.78 is 45.7. The zero-order chi connectivity index (χ0) is 24.9. The van der Waals surface area contributed by atoms with Crippen molar-refractivity contribution in [2.24, 2.45) is 0 Å². The number of carbonyl (C=O) groups excluding carboxylic acids is 2. The maximum absolute atomic E-state index is 13.4. The highest BCUT2D eigenvalue weighted by atomic mass is 35.5. The number of esters is 1. The van der Waals surface area contributed by atoms with Gasteiger partial charge in [0.15, 0.2) is 6.61 Å². The molecular formula is C23H22Cl2F3N3O3. The van der Waals surface area contributed by atoms with Crippen molar-refractivity contribution in [3.05, 3.63) is 63.9 Å². The van der Waals surface area contributed by atoms with E-state index >= 15 is 0 Å². The first-order chi connectivity index (χ1) is 16.1. The van der Waals surface area contributed by atoms with Crippen LogP contribution >= 0.6 is 23.2 Å². The predicted molar refractivity (Wildman–Crippen MR) is 123 cm³/mol. The molecule has 0 aliphatic rings. The van der Waals surface area contributed by atoms with E-state index in [2.05, 4.69) is 10.3 Å². The number of halogens is 5. The number of nitrogens with zero attached hydrogens (tertiary/aromatic N) is 2. The molecule has 0 fully saturated rings. The number of imidazole rings is 1. The molecule has 34 heavy (non-hydrogen) atoms. The fourth-order valence-electron chi connectivity index (χ4n) is 3.61. The number of alkyl halides is 3. The van der Waals surface area contributed by atoms with Gasteiger partial charge in [-0.3, -0.25) is 9.59 Å². The van der Waals surface area contributed by atoms with E-state index in [1.165, 1.54) is 12.1 Å². The number of aromatic nitrogens is 2. The number of carbonyl (C=O) groups is 2. The molecule has 11 heteroatoms. The zero-order valence-electron chi connectivity index (χ0n) is 18.2. The molecule has 6 nitrogen and oxygen atoms in total. The minimum atomic E-state index is -4.76. The molecule has 0 spiro atoms. The topological polar surface area (TPSA) is 73.2 Å². The Morgan fingerprint density at radius 2 is 1.91 bits per heavy atom. The predicted octanol–water partition coefficient (Wildman–Crippen LogP) is 5.61. The first kappa shape index (κ1) is 25.8. The van der Waals surface area contributed by atoms with Crippen LogP contribution in [0.3, 0.4) is 0 Å². The lowest BCUT2D eigenvalue weighted by Gasteiger charge is -2.19. The highest BCUT2D eigenvalue weighted by molar-refractivity contribution is 6.35. The number of amides is 1. The Balaban J connectivity index is 1.59. The summed E-state index contributed by atoms with van der Waals surface area (Å²) in [5.41, 5.74) is 1.07. The van der Waals surface area contributed by atoms with Crippen molar-refractivity contribution in [2.45, 2.75) is 38.4 Å². The van der Waals surface area contributed by atoms with Crippen LogP contribution in [0.15, 0.2) is 42.5 Å². The maximum atomic E-state index is 13.4. The molecule has 3 aromatic rings. The van der Waals surface area contributed by atoms with Crippen molar-refractivity contribution < 1.29 is 27.5 Å². The minimum Gasteiger partial charge on any atom is -0.454 e. The zero-order valence-corrected chi connectivity index (χ0v) is 19.7. The molecule has 2 aromatic carbocycles. The molecule has 1 amide bonds. The second-order valence-electron chi connectivity index (χ2n) is 7.62. The van der Waals surface area contributed by atoms with Crippen molar-refractivity contribution in [1.29, 1.82) is 0 Å². The van der Waals surface area contributed by atoms with Crippen LogP contribution in [0.25, 0.3) is 11.0 Å². The van der Waals surface area contributed by atoms with Gasteiger partial charge in [-0.15, -0.1) is 0 Å². The van der Waals surface area contributed by atoms with E-state index in [1.54, 1.807) is 30.3 Å². The molecular weight excluding hydrogens is 494 g/mol. The number of ether oxygens (including phenoxy) is 1. The van der Waals surface area contributed by atoms with Crippen LogP contribution in [0.4, 0.5) is 13.2 Å². The van der Waals surface area contributed by atoms with Gasteiger partial charge in [0.1, 0.15) is 6.54 Å². The molecule has 1 aromatic heterocycles. The number of fused-ring (bicyclic) bond motifs is 1. The lowest BCUT2D eigenvalue weighted by molar-refractivity contribution is -0.153. The summed E-state index contributed by atoms with van der Waals surface area (Å²) in [5.74, 6) is -2.86. The Labute approximate surface area is 204 Å². The largest absolute Gasteiger partial charge is 0.454 e. The number of nitrogens with one attached hydrogen (secondary N) is 1. The Hall–Kier alpha value is -2.78. The minimum absolute atomic E-state index is 0.0823. The molecule has 182 valence electrons. The number of rotatable bonds is 9. The molecule has 3 rings (SSSR count). The van der Waals surface area contributed by atoms with Gasteiger partial charge in [0.25, 0.3) is 5.91 Å². The summed E-state index contributed by atoms with van der Waals surface area (Å²) in [6.45, 7) is 0.882. The van der Waals surface area contributed by atoms with E-state index in [9.17, 15) is 22.8 Å². The molecule has 1 heterocycles. The molecule has 1 atom stereocenters. The Bertz CT molecular complexity index is 1180. The second-order valence-corrected chi connectivity index (χ2v) is 8.47. The van der Waals surface area contributed by atoms with E-state index in [4.69, 9.17) is 27.9 Å². The first-order valence-corrected chi connectivity index (χ1v) is 11.3. The molecule has 0 aliphatic heterocycles. The van der Waals surface area contributed by atoms with Gasteiger partial charge < -0.3 is 14.6 Å². The number of para-hydroxylation sites is 2. The highest BCUT2D eigenvalue weighted by Crippen LogP contribution is 2.32. The third-order valence-electron chi connectivity index (χ3n) is 5.14. The lowest BCUT2D eigenvalue weighted by atomic mass is 9.94. The number of benzene rings is 2. The monoisotopic (exact) mass is 515 g/mol. The average molecular weight is 516 g/mol. The summed E-state index contributed by atoms with van der Waals surface area (Å²) in [5, 5.41) is 3.67. The number of hydrogen-bond acceptors (Lipinski definition) is 4. The van der Waals surface area contributed by atoms with Crippen LogP contribution in [0, 0.1) is 0 Å². The lowest BCUT2D eigenvalue weighted by Crippen LogP contribution is -2.33. The van der Waals surface area contributed by atoms with Gasteiger partial charge >= 0.3 is 12.1 Å². The van der Waals surface area contributed by atoms with Crippen molar-refractivity contribution in [3.63, 3.8) is 0 Å². The van der Waals surface area contributed by atoms with Crippen molar-refractivity contribution in [1.82, 2.24) is 14.9 Å². The SMILES string of the molecule is CCC[C@@H](CNC(=O)COC(=O)Cn1c(C(F)(F)F)nc2ccccc21)c1ccc(Cl)cc1Cl. The standard InChI is InChI=1S/C23H22Cl2F3N3O3/c1-2-5-14(16-9-8-15(24)10-17(16)25)11-29-20(32)13-34-21(33)12-31-19-7-4-3-6-18(19)30-22(31)23(26,27)28/h3-4,6-10,14H,2,5,11-13H2,1H3,(H,29,32)/t14-/m0/s1. The van der Waals surface area contributed by atoms with Crippen molar-refractivity contribution in [2.75, 3.05) is 13.2 Å². The fourth-order valence-corrected chi connectivity index (χ4v) is 4.17. The summed E-state index contributed by atoms with van der Waals surface area (Å²) >= 11 is 12.2. The van der Waals surface area contributed by atoms with Crippen LogP contribution < -0.4 is 5.32 Å². The Morgan fingerprint density at radius 1 is 1.18 bits per heavy atom. The average Bonchev–Trinajstić information content (AvgIpc) is 3.14. The van der Waals surface area contributed by atoms with Crippen LogP contribution in [-0.2, 0) is 27.0 Å². The first-order valence-electron chi connectivity index (χ1n) is 10.5. The quantitative estimate of drug-likeness (QED) is 0.376. The van der Waals surface area contributed by atoms with Crippen LogP contribution in [0.5, 0.6) is 0 Å². The molecule has 0 saturated heterocycles. The molecule has 0 aliphatic carbocycles. The summed E-state index contributed by atoms with van der Waals surface area (Å²) in [4.78, 5) is 28.0. The molecule has 1 N–H and O–H groups in total. The maximum Gasteiger partial charge on any atom is 0.449 e.